The van der Waals surface area contributed by atoms with Crippen LogP contribution in [0.15, 0.2) is 36.5 Å². The van der Waals surface area contributed by atoms with Gasteiger partial charge in [-0.25, -0.2) is 9.37 Å². The van der Waals surface area contributed by atoms with Crippen LogP contribution in [0.5, 0.6) is 5.75 Å². The van der Waals surface area contributed by atoms with Crippen molar-refractivity contribution in [3.05, 3.63) is 48.0 Å². The first-order valence-electron chi connectivity index (χ1n) is 8.17. The number of carbonyl (C=O) groups excluding carboxylic acids is 1. The fourth-order valence-electron chi connectivity index (χ4n) is 2.79. The quantitative estimate of drug-likeness (QED) is 0.648. The van der Waals surface area contributed by atoms with Gasteiger partial charge in [0.2, 0.25) is 0 Å². The third-order valence-electron chi connectivity index (χ3n) is 4.06. The zero-order valence-corrected chi connectivity index (χ0v) is 14.7. The Kier molecular flexibility index (Phi) is 5.12. The van der Waals surface area contributed by atoms with E-state index in [9.17, 15) is 22.4 Å². The van der Waals surface area contributed by atoms with Gasteiger partial charge in [-0.15, -0.1) is 0 Å². The molecule has 3 N–H and O–H groups in total. The molecule has 28 heavy (non-hydrogen) atoms. The Labute approximate surface area is 156 Å². The Balaban J connectivity index is 2.03. The highest BCUT2D eigenvalue weighted by atomic mass is 19.4. The largest absolute Gasteiger partial charge is 0.496 e. The second kappa shape index (κ2) is 7.37. The van der Waals surface area contributed by atoms with Crippen molar-refractivity contribution in [1.82, 2.24) is 14.7 Å². The number of pyridine rings is 1. The summed E-state index contributed by atoms with van der Waals surface area (Å²) in [5, 5.41) is 2.14. The lowest BCUT2D eigenvalue weighted by Crippen LogP contribution is -2.28. The number of aromatic nitrogens is 2. The zero-order chi connectivity index (χ0) is 20.5. The number of methoxy groups -OCH3 is 1. The molecule has 3 rings (SSSR count). The molecule has 0 saturated heterocycles. The number of nitrogen functional groups attached to an aromatic ring is 1. The highest BCUT2D eigenvalue weighted by molar-refractivity contribution is 5.99. The number of carbonyl (C=O) groups is 1. The van der Waals surface area contributed by atoms with E-state index < -0.39 is 30.9 Å². The lowest BCUT2D eigenvalue weighted by Gasteiger charge is -2.10. The molecular weight excluding hydrogens is 380 g/mol. The molecule has 0 fully saturated rings. The van der Waals surface area contributed by atoms with Crippen LogP contribution in [0.2, 0.25) is 0 Å². The Morgan fingerprint density at radius 3 is 2.71 bits per heavy atom. The molecule has 0 bridgehead atoms. The van der Waals surface area contributed by atoms with Crippen LogP contribution in [0.3, 0.4) is 0 Å². The summed E-state index contributed by atoms with van der Waals surface area (Å²) in [6.45, 7) is -0.608. The molecule has 0 spiro atoms. The first-order chi connectivity index (χ1) is 13.2. The Hall–Kier alpha value is -3.30. The van der Waals surface area contributed by atoms with Crippen LogP contribution in [0.4, 0.5) is 23.4 Å². The SMILES string of the molecule is COc1cccc(F)c1-c1cccn2c(N)c(C(=O)NCCC(F)(F)F)nc12. The van der Waals surface area contributed by atoms with Gasteiger partial charge in [0.25, 0.3) is 5.91 Å². The number of nitrogens with two attached hydrogens (primary N) is 1. The second-order valence-electron chi connectivity index (χ2n) is 5.90. The minimum absolute atomic E-state index is 0.0725. The maximum absolute atomic E-state index is 14.5. The highest BCUT2D eigenvalue weighted by Crippen LogP contribution is 2.35. The van der Waals surface area contributed by atoms with Crippen LogP contribution in [0.25, 0.3) is 16.8 Å². The molecule has 2 heterocycles. The molecule has 0 atom stereocenters. The summed E-state index contributed by atoms with van der Waals surface area (Å²) in [6, 6.07) is 7.46. The molecular formula is C18H16F4N4O2. The summed E-state index contributed by atoms with van der Waals surface area (Å²) < 4.78 is 57.8. The van der Waals surface area contributed by atoms with E-state index in [1.807, 2.05) is 0 Å². The molecule has 1 amide bonds. The number of halogens is 4. The molecule has 0 radical (unpaired) electrons. The minimum Gasteiger partial charge on any atom is -0.496 e. The van der Waals surface area contributed by atoms with Gasteiger partial charge in [0.1, 0.15) is 23.0 Å². The monoisotopic (exact) mass is 396 g/mol. The van der Waals surface area contributed by atoms with Crippen molar-refractivity contribution < 1.29 is 27.1 Å². The predicted molar refractivity (Wildman–Crippen MR) is 94.6 cm³/mol. The molecule has 6 nitrogen and oxygen atoms in total. The number of alkyl halides is 3. The Bertz CT molecular complexity index is 1030. The minimum atomic E-state index is -4.40. The van der Waals surface area contributed by atoms with E-state index in [1.165, 1.54) is 29.8 Å². The van der Waals surface area contributed by atoms with Gasteiger partial charge < -0.3 is 15.8 Å². The second-order valence-corrected chi connectivity index (χ2v) is 5.90. The number of hydrogen-bond acceptors (Lipinski definition) is 4. The van der Waals surface area contributed by atoms with Crippen LogP contribution < -0.4 is 15.8 Å². The predicted octanol–water partition coefficient (Wildman–Crippen LogP) is 3.41. The average Bonchev–Trinajstić information content (AvgIpc) is 2.97. The molecule has 148 valence electrons. The van der Waals surface area contributed by atoms with E-state index in [-0.39, 0.29) is 28.5 Å². The average molecular weight is 396 g/mol. The van der Waals surface area contributed by atoms with Crippen molar-refractivity contribution in [3.63, 3.8) is 0 Å². The van der Waals surface area contributed by atoms with Crippen LogP contribution in [0, 0.1) is 5.82 Å². The lowest BCUT2D eigenvalue weighted by atomic mass is 10.1. The first kappa shape index (κ1) is 19.5. The van der Waals surface area contributed by atoms with E-state index >= 15 is 0 Å². The summed E-state index contributed by atoms with van der Waals surface area (Å²) in [5.41, 5.74) is 6.32. The van der Waals surface area contributed by atoms with Gasteiger partial charge >= 0.3 is 6.18 Å². The van der Waals surface area contributed by atoms with Crippen molar-refractivity contribution in [1.29, 1.82) is 0 Å². The maximum atomic E-state index is 14.5. The summed E-state index contributed by atoms with van der Waals surface area (Å²) in [6.07, 6.45) is -4.06. The van der Waals surface area contributed by atoms with Crippen molar-refractivity contribution in [2.24, 2.45) is 0 Å². The lowest BCUT2D eigenvalue weighted by molar-refractivity contribution is -0.132. The smallest absolute Gasteiger partial charge is 0.390 e. The molecule has 0 unspecified atom stereocenters. The fraction of sp³-hybridized carbons (Fsp3) is 0.222. The summed E-state index contributed by atoms with van der Waals surface area (Å²) in [4.78, 5) is 16.4. The van der Waals surface area contributed by atoms with E-state index in [0.717, 1.165) is 0 Å². The van der Waals surface area contributed by atoms with Crippen molar-refractivity contribution >= 4 is 17.4 Å². The zero-order valence-electron chi connectivity index (χ0n) is 14.7. The molecule has 0 saturated carbocycles. The number of imidazole rings is 1. The van der Waals surface area contributed by atoms with Crippen molar-refractivity contribution in [3.8, 4) is 16.9 Å². The third kappa shape index (κ3) is 3.71. The van der Waals surface area contributed by atoms with Crippen LogP contribution in [-0.4, -0.2) is 35.1 Å². The van der Waals surface area contributed by atoms with Gasteiger partial charge in [-0.05, 0) is 24.3 Å². The van der Waals surface area contributed by atoms with E-state index in [2.05, 4.69) is 10.3 Å². The highest BCUT2D eigenvalue weighted by Gasteiger charge is 2.27. The molecule has 3 aromatic rings. The van der Waals surface area contributed by atoms with Gasteiger partial charge in [0.05, 0.1) is 19.1 Å². The number of nitrogens with zero attached hydrogens (tertiary/aromatic N) is 2. The molecule has 1 aromatic carbocycles. The third-order valence-corrected chi connectivity index (χ3v) is 4.06. The van der Waals surface area contributed by atoms with Crippen molar-refractivity contribution in [2.45, 2.75) is 12.6 Å². The maximum Gasteiger partial charge on any atom is 0.390 e. The van der Waals surface area contributed by atoms with Crippen LogP contribution in [0.1, 0.15) is 16.9 Å². The fourth-order valence-corrected chi connectivity index (χ4v) is 2.79. The number of ether oxygens (including phenoxy) is 1. The number of fused-ring (bicyclic) bond motifs is 1. The number of nitrogens with one attached hydrogen (secondary N) is 1. The number of anilines is 1. The molecule has 2 aromatic heterocycles. The number of rotatable bonds is 5. The number of benzene rings is 1. The van der Waals surface area contributed by atoms with Crippen molar-refractivity contribution in [2.75, 3.05) is 19.4 Å². The normalized spacial score (nSPS) is 11.6. The summed E-state index contributed by atoms with van der Waals surface area (Å²) >= 11 is 0. The van der Waals surface area contributed by atoms with Crippen LogP contribution >= 0.6 is 0 Å². The molecule has 0 aliphatic rings. The van der Waals surface area contributed by atoms with E-state index in [1.54, 1.807) is 18.2 Å². The van der Waals surface area contributed by atoms with Gasteiger partial charge in [-0.1, -0.05) is 6.07 Å². The van der Waals surface area contributed by atoms with Gasteiger partial charge in [-0.2, -0.15) is 13.2 Å². The summed E-state index contributed by atoms with van der Waals surface area (Å²) in [5.74, 6) is -1.23. The van der Waals surface area contributed by atoms with Gasteiger partial charge in [0.15, 0.2) is 5.69 Å². The molecule has 0 aliphatic carbocycles. The molecule has 0 aliphatic heterocycles. The summed E-state index contributed by atoms with van der Waals surface area (Å²) in [7, 11) is 1.39. The Morgan fingerprint density at radius 2 is 2.04 bits per heavy atom. The van der Waals surface area contributed by atoms with E-state index in [4.69, 9.17) is 10.5 Å². The topological polar surface area (TPSA) is 81.6 Å². The molecule has 10 heteroatoms. The van der Waals surface area contributed by atoms with Crippen LogP contribution in [-0.2, 0) is 0 Å². The Morgan fingerprint density at radius 1 is 1.29 bits per heavy atom. The number of hydrogen-bond donors (Lipinski definition) is 2. The van der Waals surface area contributed by atoms with Gasteiger partial charge in [0, 0.05) is 18.3 Å². The van der Waals surface area contributed by atoms with Gasteiger partial charge in [-0.3, -0.25) is 9.20 Å². The number of amides is 1. The standard InChI is InChI=1S/C18H16F4N4O2/c1-28-12-6-2-5-11(19)13(12)10-4-3-9-26-15(23)14(25-16(10)26)17(27)24-8-7-18(20,21)22/h2-6,9H,7-8,23H2,1H3,(H,24,27). The van der Waals surface area contributed by atoms with E-state index in [0.29, 0.717) is 5.56 Å². The first-order valence-corrected chi connectivity index (χ1v) is 8.17.